The fourth-order valence-electron chi connectivity index (χ4n) is 0.501. The Labute approximate surface area is 80.7 Å². The normalized spacial score (nSPS) is 13.6. The predicted octanol–water partition coefficient (Wildman–Crippen LogP) is 4.19. The highest BCUT2D eigenvalue weighted by Gasteiger charge is 2.33. The first kappa shape index (κ1) is 12.0. The minimum absolute atomic E-state index is 0.201. The second kappa shape index (κ2) is 4.27. The molecule has 0 atom stereocenters. The summed E-state index contributed by atoms with van der Waals surface area (Å²) in [4.78, 5) is 0. The predicted molar refractivity (Wildman–Crippen MR) is 49.6 cm³/mol. The average Bonchev–Trinajstić information content (AvgIpc) is 1.83. The van der Waals surface area contributed by atoms with E-state index in [2.05, 4.69) is 30.6 Å². The molecule has 6 heteroatoms. The first-order valence-corrected chi connectivity index (χ1v) is 10.1. The fourth-order valence-corrected chi connectivity index (χ4v) is 2.69. The van der Waals surface area contributed by atoms with Gasteiger partial charge in [-0.3, -0.25) is 0 Å². The number of alkyl halides is 3. The highest BCUT2D eigenvalue weighted by Crippen LogP contribution is 2.35. The Balaban J connectivity index is 3.70. The van der Waals surface area contributed by atoms with E-state index < -0.39 is 17.9 Å². The van der Waals surface area contributed by atoms with Crippen LogP contribution in [0, 0.1) is 0 Å². The molecule has 0 aliphatic heterocycles. The monoisotopic (exact) mass is 312 g/mol. The molecule has 0 amide bonds. The van der Waals surface area contributed by atoms with Crippen molar-refractivity contribution in [3.63, 3.8) is 0 Å². The Kier molecular flexibility index (Phi) is 4.65. The van der Waals surface area contributed by atoms with Crippen LogP contribution in [0.5, 0.6) is 0 Å². The van der Waals surface area contributed by atoms with Gasteiger partial charge in [0.1, 0.15) is 0 Å². The van der Waals surface area contributed by atoms with Gasteiger partial charge in [-0.25, -0.2) is 0 Å². The third-order valence-corrected chi connectivity index (χ3v) is 9.05. The Hall–Kier alpha value is 0.967. The molecule has 0 saturated heterocycles. The van der Waals surface area contributed by atoms with E-state index in [0.717, 1.165) is 6.04 Å². The van der Waals surface area contributed by atoms with Crippen molar-refractivity contribution < 1.29 is 13.2 Å². The minimum Gasteiger partial charge on any atom is -0.171 e. The summed E-state index contributed by atoms with van der Waals surface area (Å²) < 4.78 is 35.1. The van der Waals surface area contributed by atoms with Crippen LogP contribution in [0.4, 0.5) is 13.2 Å². The van der Waals surface area contributed by atoms with E-state index >= 15 is 0 Å². The second-order valence-corrected chi connectivity index (χ2v) is 17.5. The topological polar surface area (TPSA) is 0 Å². The second-order valence-electron chi connectivity index (χ2n) is 2.32. The molecule has 0 aromatic carbocycles. The van der Waals surface area contributed by atoms with E-state index in [1.165, 1.54) is 0 Å². The van der Waals surface area contributed by atoms with Crippen molar-refractivity contribution in [3.8, 4) is 0 Å². The van der Waals surface area contributed by atoms with Gasteiger partial charge in [0.05, 0.1) is 0 Å². The van der Waals surface area contributed by atoms with Crippen molar-refractivity contribution in [2.75, 3.05) is 0 Å². The SMILES string of the molecule is CC[Si](Br)(Br)CCC(F)(F)F. The van der Waals surface area contributed by atoms with Crippen LogP contribution >= 0.6 is 30.6 Å². The van der Waals surface area contributed by atoms with E-state index in [-0.39, 0.29) is 6.04 Å². The quantitative estimate of drug-likeness (QED) is 0.541. The molecule has 0 unspecified atom stereocenters. The van der Waals surface area contributed by atoms with Gasteiger partial charge in [-0.15, -0.1) is 30.6 Å². The van der Waals surface area contributed by atoms with Gasteiger partial charge in [0.15, 0.2) is 0 Å². The maximum Gasteiger partial charge on any atom is 0.388 e. The zero-order chi connectivity index (χ0) is 9.12. The highest BCUT2D eigenvalue weighted by molar-refractivity contribution is 9.51. The lowest BCUT2D eigenvalue weighted by atomic mass is 10.5. The maximum atomic E-state index is 11.7. The van der Waals surface area contributed by atoms with E-state index in [1.807, 2.05) is 6.92 Å². The Morgan fingerprint density at radius 1 is 1.27 bits per heavy atom. The molecule has 0 fully saturated rings. The summed E-state index contributed by atoms with van der Waals surface area (Å²) in [6, 6.07) is 0.968. The zero-order valence-corrected chi connectivity index (χ0v) is 10.2. The van der Waals surface area contributed by atoms with E-state index in [4.69, 9.17) is 0 Å². The molecule has 0 nitrogen and oxygen atoms in total. The van der Waals surface area contributed by atoms with Gasteiger partial charge in [0.2, 0.25) is 5.31 Å². The summed E-state index contributed by atoms with van der Waals surface area (Å²) >= 11 is 6.58. The average molecular weight is 314 g/mol. The van der Waals surface area contributed by atoms with E-state index in [1.54, 1.807) is 0 Å². The molecule has 0 aliphatic carbocycles. The van der Waals surface area contributed by atoms with Crippen molar-refractivity contribution in [3.05, 3.63) is 0 Å². The lowest BCUT2D eigenvalue weighted by Gasteiger charge is -2.15. The van der Waals surface area contributed by atoms with Gasteiger partial charge >= 0.3 is 6.18 Å². The van der Waals surface area contributed by atoms with Crippen LogP contribution in [-0.4, -0.2) is 11.5 Å². The van der Waals surface area contributed by atoms with Crippen molar-refractivity contribution in [2.24, 2.45) is 0 Å². The molecular weight excluding hydrogens is 305 g/mol. The molecule has 0 spiro atoms. The van der Waals surface area contributed by atoms with Crippen molar-refractivity contribution in [1.29, 1.82) is 0 Å². The summed E-state index contributed by atoms with van der Waals surface area (Å²) in [6.07, 6.45) is -4.71. The van der Waals surface area contributed by atoms with Crippen molar-refractivity contribution >= 4 is 35.9 Å². The lowest BCUT2D eigenvalue weighted by molar-refractivity contribution is -0.130. The number of hydrogen-bond acceptors (Lipinski definition) is 0. The van der Waals surface area contributed by atoms with Gasteiger partial charge in [0, 0.05) is 6.42 Å². The Morgan fingerprint density at radius 3 is 2.00 bits per heavy atom. The van der Waals surface area contributed by atoms with Crippen LogP contribution in [0.1, 0.15) is 13.3 Å². The molecule has 0 bridgehead atoms. The van der Waals surface area contributed by atoms with Crippen LogP contribution in [0.15, 0.2) is 0 Å². The first-order valence-electron chi connectivity index (χ1n) is 3.21. The molecule has 0 N–H and O–H groups in total. The molecule has 11 heavy (non-hydrogen) atoms. The summed E-state index contributed by atoms with van der Waals surface area (Å²) in [5.41, 5.74) is 0. The van der Waals surface area contributed by atoms with E-state index in [0.29, 0.717) is 0 Å². The third-order valence-electron chi connectivity index (χ3n) is 1.29. The lowest BCUT2D eigenvalue weighted by Crippen LogP contribution is -2.19. The summed E-state index contributed by atoms with van der Waals surface area (Å²) in [7, 11) is 0. The van der Waals surface area contributed by atoms with Gasteiger partial charge in [0.25, 0.3) is 0 Å². The summed E-state index contributed by atoms with van der Waals surface area (Å²) in [6.45, 7) is 1.88. The third kappa shape index (κ3) is 7.33. The number of hydrogen-bond donors (Lipinski definition) is 0. The van der Waals surface area contributed by atoms with Crippen LogP contribution < -0.4 is 0 Å². The molecule has 68 valence electrons. The molecule has 0 aromatic rings. The van der Waals surface area contributed by atoms with Gasteiger partial charge in [-0.05, 0) is 12.1 Å². The molecular formula is C5H9Br2F3Si. The van der Waals surface area contributed by atoms with Gasteiger partial charge in [-0.1, -0.05) is 6.92 Å². The van der Waals surface area contributed by atoms with Gasteiger partial charge < -0.3 is 0 Å². The summed E-state index contributed by atoms with van der Waals surface area (Å²) in [5, 5.41) is -1.88. The molecule has 0 aromatic heterocycles. The Morgan fingerprint density at radius 2 is 1.73 bits per heavy atom. The van der Waals surface area contributed by atoms with Crippen molar-refractivity contribution in [1.82, 2.24) is 0 Å². The largest absolute Gasteiger partial charge is 0.388 e. The zero-order valence-electron chi connectivity index (χ0n) is 6.01. The maximum absolute atomic E-state index is 11.7. The number of halogens is 5. The molecule has 0 rings (SSSR count). The van der Waals surface area contributed by atoms with Crippen LogP contribution in [-0.2, 0) is 0 Å². The van der Waals surface area contributed by atoms with Crippen LogP contribution in [0.3, 0.4) is 0 Å². The summed E-state index contributed by atoms with van der Waals surface area (Å²) in [5.74, 6) is 0. The molecule has 0 saturated carbocycles. The fraction of sp³-hybridized carbons (Fsp3) is 1.00. The smallest absolute Gasteiger partial charge is 0.171 e. The highest BCUT2D eigenvalue weighted by atomic mass is 79.9. The van der Waals surface area contributed by atoms with Crippen LogP contribution in [0.25, 0.3) is 0 Å². The molecule has 0 heterocycles. The minimum atomic E-state index is -4.02. The van der Waals surface area contributed by atoms with Crippen LogP contribution in [0.2, 0.25) is 12.1 Å². The van der Waals surface area contributed by atoms with Crippen molar-refractivity contribution in [2.45, 2.75) is 31.6 Å². The molecule has 0 aliphatic rings. The van der Waals surface area contributed by atoms with Gasteiger partial charge in [-0.2, -0.15) is 13.2 Å². The molecule has 0 radical (unpaired) electrons. The Bertz CT molecular complexity index is 123. The standard InChI is InChI=1S/C5H9Br2F3Si/c1-2-11(6,7)4-3-5(8,9)10/h2-4H2,1H3. The first-order chi connectivity index (χ1) is 4.77. The number of rotatable bonds is 3. The van der Waals surface area contributed by atoms with E-state index in [9.17, 15) is 13.2 Å².